The van der Waals surface area contributed by atoms with Crippen LogP contribution in [0.2, 0.25) is 0 Å². The van der Waals surface area contributed by atoms with Gasteiger partial charge in [-0.2, -0.15) is 0 Å². The Kier molecular flexibility index (Phi) is 3.85. The van der Waals surface area contributed by atoms with Gasteiger partial charge in [0.05, 0.1) is 0 Å². The van der Waals surface area contributed by atoms with Crippen molar-refractivity contribution in [3.8, 4) is 11.5 Å². The molecule has 0 unspecified atom stereocenters. The predicted octanol–water partition coefficient (Wildman–Crippen LogP) is 2.61. The van der Waals surface area contributed by atoms with Gasteiger partial charge in [-0.25, -0.2) is 0 Å². The molecule has 2 aromatic rings. The number of hydrogen-bond donors (Lipinski definition) is 3. The first-order chi connectivity index (χ1) is 8.70. The fraction of sp³-hybridized carbons (Fsp3) is 0.200. The molecule has 0 heterocycles. The number of aliphatic hydroxyl groups is 1. The molecule has 2 rings (SSSR count). The van der Waals surface area contributed by atoms with Crippen molar-refractivity contribution >= 4 is 0 Å². The molecule has 3 N–H and O–H groups in total. The van der Waals surface area contributed by atoms with Crippen molar-refractivity contribution in [3.63, 3.8) is 0 Å². The van der Waals surface area contributed by atoms with Crippen LogP contribution in [0, 0.1) is 0 Å². The van der Waals surface area contributed by atoms with Crippen LogP contribution in [-0.4, -0.2) is 21.9 Å². The number of rotatable bonds is 4. The van der Waals surface area contributed by atoms with E-state index in [1.165, 1.54) is 0 Å². The van der Waals surface area contributed by atoms with Crippen LogP contribution in [0.1, 0.15) is 23.5 Å². The fourth-order valence-corrected chi connectivity index (χ4v) is 2.07. The van der Waals surface area contributed by atoms with Gasteiger partial charge in [-0.05, 0) is 41.8 Å². The summed E-state index contributed by atoms with van der Waals surface area (Å²) in [5, 5.41) is 27.8. The maximum atomic E-state index is 9.29. The van der Waals surface area contributed by atoms with E-state index in [0.29, 0.717) is 6.42 Å². The minimum absolute atomic E-state index is 0.0659. The van der Waals surface area contributed by atoms with E-state index in [-0.39, 0.29) is 24.0 Å². The molecular weight excluding hydrogens is 228 g/mol. The molecule has 3 nitrogen and oxygen atoms in total. The fourth-order valence-electron chi connectivity index (χ4n) is 2.07. The maximum absolute atomic E-state index is 9.29. The lowest BCUT2D eigenvalue weighted by molar-refractivity contribution is 0.281. The molecule has 0 radical (unpaired) electrons. The second-order valence-corrected chi connectivity index (χ2v) is 4.25. The van der Waals surface area contributed by atoms with Gasteiger partial charge in [-0.3, -0.25) is 0 Å². The second kappa shape index (κ2) is 5.56. The first kappa shape index (κ1) is 12.5. The summed E-state index contributed by atoms with van der Waals surface area (Å²) in [7, 11) is 0. The summed E-state index contributed by atoms with van der Waals surface area (Å²) in [6, 6.07) is 14.0. The first-order valence-corrected chi connectivity index (χ1v) is 5.89. The van der Waals surface area contributed by atoms with Gasteiger partial charge in [0, 0.05) is 12.5 Å². The topological polar surface area (TPSA) is 60.7 Å². The third-order valence-electron chi connectivity index (χ3n) is 3.01. The minimum atomic E-state index is 0.0659. The molecular formula is C15H16O3. The van der Waals surface area contributed by atoms with Crippen molar-refractivity contribution < 1.29 is 15.3 Å². The zero-order valence-corrected chi connectivity index (χ0v) is 9.95. The van der Waals surface area contributed by atoms with Crippen LogP contribution in [-0.2, 0) is 0 Å². The third-order valence-corrected chi connectivity index (χ3v) is 3.01. The number of aromatic hydroxyl groups is 2. The molecule has 3 heteroatoms. The van der Waals surface area contributed by atoms with E-state index in [9.17, 15) is 10.2 Å². The van der Waals surface area contributed by atoms with Crippen molar-refractivity contribution in [1.82, 2.24) is 0 Å². The van der Waals surface area contributed by atoms with Gasteiger partial charge < -0.3 is 15.3 Å². The number of phenolic OH excluding ortho intramolecular Hbond substituents is 2. The Morgan fingerprint density at radius 3 is 1.44 bits per heavy atom. The zero-order chi connectivity index (χ0) is 13.0. The van der Waals surface area contributed by atoms with Gasteiger partial charge in [0.1, 0.15) is 11.5 Å². The lowest BCUT2D eigenvalue weighted by Crippen LogP contribution is -2.03. The molecule has 0 aliphatic carbocycles. The van der Waals surface area contributed by atoms with Crippen molar-refractivity contribution in [2.24, 2.45) is 0 Å². The Morgan fingerprint density at radius 1 is 0.722 bits per heavy atom. The number of aliphatic hydroxyl groups excluding tert-OH is 1. The summed E-state index contributed by atoms with van der Waals surface area (Å²) in [4.78, 5) is 0. The molecule has 0 fully saturated rings. The van der Waals surface area contributed by atoms with Crippen molar-refractivity contribution in [2.45, 2.75) is 12.3 Å². The monoisotopic (exact) mass is 244 g/mol. The van der Waals surface area contributed by atoms with Gasteiger partial charge in [0.2, 0.25) is 0 Å². The van der Waals surface area contributed by atoms with Crippen LogP contribution in [0.4, 0.5) is 0 Å². The average Bonchev–Trinajstić information content (AvgIpc) is 2.39. The average molecular weight is 244 g/mol. The van der Waals surface area contributed by atoms with E-state index >= 15 is 0 Å². The van der Waals surface area contributed by atoms with E-state index in [1.807, 2.05) is 24.3 Å². The van der Waals surface area contributed by atoms with Gasteiger partial charge in [-0.15, -0.1) is 0 Å². The second-order valence-electron chi connectivity index (χ2n) is 4.25. The molecule has 0 bridgehead atoms. The first-order valence-electron chi connectivity index (χ1n) is 5.89. The van der Waals surface area contributed by atoms with Gasteiger partial charge >= 0.3 is 0 Å². The number of benzene rings is 2. The summed E-state index contributed by atoms with van der Waals surface area (Å²) in [6.07, 6.45) is 0.607. The summed E-state index contributed by atoms with van der Waals surface area (Å²) < 4.78 is 0. The zero-order valence-electron chi connectivity index (χ0n) is 9.95. The molecule has 94 valence electrons. The summed E-state index contributed by atoms with van der Waals surface area (Å²) in [5.41, 5.74) is 2.07. The summed E-state index contributed by atoms with van der Waals surface area (Å²) in [6.45, 7) is 0.0897. The Balaban J connectivity index is 2.33. The molecule has 0 aliphatic heterocycles. The van der Waals surface area contributed by atoms with E-state index < -0.39 is 0 Å². The van der Waals surface area contributed by atoms with Gasteiger partial charge in [0.25, 0.3) is 0 Å². The summed E-state index contributed by atoms with van der Waals surface area (Å²) in [5.74, 6) is 0.524. The molecule has 0 amide bonds. The van der Waals surface area contributed by atoms with E-state index in [0.717, 1.165) is 11.1 Å². The largest absolute Gasteiger partial charge is 0.508 e. The highest BCUT2D eigenvalue weighted by molar-refractivity contribution is 5.37. The van der Waals surface area contributed by atoms with Crippen molar-refractivity contribution in [1.29, 1.82) is 0 Å². The van der Waals surface area contributed by atoms with Crippen molar-refractivity contribution in [3.05, 3.63) is 59.7 Å². The summed E-state index contributed by atoms with van der Waals surface area (Å²) >= 11 is 0. The van der Waals surface area contributed by atoms with Crippen LogP contribution >= 0.6 is 0 Å². The number of phenols is 2. The van der Waals surface area contributed by atoms with Crippen LogP contribution in [0.15, 0.2) is 48.5 Å². The molecule has 0 aromatic heterocycles. The van der Waals surface area contributed by atoms with Crippen LogP contribution in [0.5, 0.6) is 11.5 Å². The quantitative estimate of drug-likeness (QED) is 0.774. The standard InChI is InChI=1S/C15H16O3/c16-10-9-15(11-1-5-13(17)6-2-11)12-3-7-14(18)8-4-12/h1-8,15-18H,9-10H2. The Bertz CT molecular complexity index is 443. The highest BCUT2D eigenvalue weighted by Crippen LogP contribution is 2.29. The Labute approximate surface area is 106 Å². The maximum Gasteiger partial charge on any atom is 0.115 e. The molecule has 0 atom stereocenters. The number of hydrogen-bond acceptors (Lipinski definition) is 3. The normalized spacial score (nSPS) is 10.8. The lowest BCUT2D eigenvalue weighted by Gasteiger charge is -2.17. The highest BCUT2D eigenvalue weighted by atomic mass is 16.3. The van der Waals surface area contributed by atoms with Crippen LogP contribution < -0.4 is 0 Å². The molecule has 0 spiro atoms. The Morgan fingerprint density at radius 2 is 1.11 bits per heavy atom. The SMILES string of the molecule is OCCC(c1ccc(O)cc1)c1ccc(O)cc1. The molecule has 2 aromatic carbocycles. The minimum Gasteiger partial charge on any atom is -0.508 e. The van der Waals surface area contributed by atoms with Gasteiger partial charge in [-0.1, -0.05) is 24.3 Å². The van der Waals surface area contributed by atoms with Crippen LogP contribution in [0.25, 0.3) is 0 Å². The molecule has 0 saturated heterocycles. The smallest absolute Gasteiger partial charge is 0.115 e. The van der Waals surface area contributed by atoms with E-state index in [4.69, 9.17) is 5.11 Å². The van der Waals surface area contributed by atoms with Crippen molar-refractivity contribution in [2.75, 3.05) is 6.61 Å². The lowest BCUT2D eigenvalue weighted by atomic mass is 9.89. The third kappa shape index (κ3) is 2.81. The molecule has 0 saturated carbocycles. The van der Waals surface area contributed by atoms with Crippen LogP contribution in [0.3, 0.4) is 0 Å². The van der Waals surface area contributed by atoms with E-state index in [1.54, 1.807) is 24.3 Å². The molecule has 0 aliphatic rings. The highest BCUT2D eigenvalue weighted by Gasteiger charge is 2.13. The Hall–Kier alpha value is -2.00. The molecule has 18 heavy (non-hydrogen) atoms. The van der Waals surface area contributed by atoms with Gasteiger partial charge in [0.15, 0.2) is 0 Å². The predicted molar refractivity (Wildman–Crippen MR) is 69.8 cm³/mol. The van der Waals surface area contributed by atoms with E-state index in [2.05, 4.69) is 0 Å².